The smallest absolute Gasteiger partial charge is 0.247 e. The summed E-state index contributed by atoms with van der Waals surface area (Å²) in [5.41, 5.74) is 5.50. The van der Waals surface area contributed by atoms with Crippen LogP contribution in [-0.2, 0) is 20.8 Å². The van der Waals surface area contributed by atoms with Crippen molar-refractivity contribution in [2.24, 2.45) is 0 Å². The Balaban J connectivity index is 1.21. The van der Waals surface area contributed by atoms with Gasteiger partial charge in [0.2, 0.25) is 23.6 Å². The van der Waals surface area contributed by atoms with Gasteiger partial charge >= 0.3 is 0 Å². The Morgan fingerprint density at radius 3 is 2.60 bits per heavy atom. The first kappa shape index (κ1) is 38.9. The highest BCUT2D eigenvalue weighted by molar-refractivity contribution is 5.98. The molecule has 55 heavy (non-hydrogen) atoms. The number of imidazole rings is 1. The molecule has 12 heteroatoms. The van der Waals surface area contributed by atoms with Gasteiger partial charge in [0.05, 0.1) is 42.3 Å². The number of piperidine rings is 1. The molecule has 1 aliphatic heterocycles. The van der Waals surface area contributed by atoms with Gasteiger partial charge < -0.3 is 34.7 Å². The first-order chi connectivity index (χ1) is 26.6. The second kappa shape index (κ2) is 17.6. The average molecular weight is 743 g/mol. The number of likely N-dealkylation sites (tertiary alicyclic amines) is 1. The average Bonchev–Trinajstić information content (AvgIpc) is 3.84. The van der Waals surface area contributed by atoms with Gasteiger partial charge in [0, 0.05) is 36.3 Å². The maximum absolute atomic E-state index is 13.9. The normalized spacial score (nSPS) is 15.4. The standard InChI is InChI=1S/C43H50N8O4/c1-7-13-33(25-44-4)51(39(52)22-30-14-9-8-10-15-30)29(3)41-46-34-20-19-31(23-36(34)47-41)38-26-45-43(55-38)32-18-17-28(2)35(24-32)48-42(54)37-16-11-12-21-50(37)40(53)27-49(5)6/h1,8-10,14-15,17-20,23-24,26,29,33,37,44H,11-13,16,21-22,25,27H2,2-6H3,(H,46,47)(H,48,54)/t29-,33?,37-/m0/s1. The molecule has 1 saturated heterocycles. The van der Waals surface area contributed by atoms with Crippen molar-refractivity contribution >= 4 is 34.4 Å². The minimum absolute atomic E-state index is 0.0329. The van der Waals surface area contributed by atoms with Crippen LogP contribution >= 0.6 is 0 Å². The van der Waals surface area contributed by atoms with E-state index in [2.05, 4.69) is 26.5 Å². The number of aromatic nitrogens is 3. The number of aryl methyl sites for hydroxylation is 1. The van der Waals surface area contributed by atoms with E-state index in [1.807, 2.05) is 112 Å². The number of likely N-dealkylation sites (N-methyl/N-ethyl adjacent to an activating group) is 2. The summed E-state index contributed by atoms with van der Waals surface area (Å²) in [7, 11) is 5.55. The number of amides is 3. The Labute approximate surface area is 322 Å². The third-order valence-electron chi connectivity index (χ3n) is 10.1. The first-order valence-corrected chi connectivity index (χ1v) is 18.8. The van der Waals surface area contributed by atoms with E-state index in [9.17, 15) is 14.4 Å². The maximum atomic E-state index is 13.9. The summed E-state index contributed by atoms with van der Waals surface area (Å²) in [5.74, 6) is 4.09. The maximum Gasteiger partial charge on any atom is 0.247 e. The largest absolute Gasteiger partial charge is 0.436 e. The number of aromatic amines is 1. The van der Waals surface area contributed by atoms with Crippen LogP contribution in [0.4, 0.5) is 5.69 Å². The summed E-state index contributed by atoms with van der Waals surface area (Å²) in [6.07, 6.45) is 10.5. The molecule has 1 aliphatic rings. The van der Waals surface area contributed by atoms with Gasteiger partial charge in [0.25, 0.3) is 0 Å². The van der Waals surface area contributed by atoms with Gasteiger partial charge in [-0.3, -0.25) is 14.4 Å². The van der Waals surface area contributed by atoms with Crippen molar-refractivity contribution in [3.8, 4) is 35.1 Å². The van der Waals surface area contributed by atoms with E-state index in [1.54, 1.807) is 11.1 Å². The van der Waals surface area contributed by atoms with E-state index in [0.717, 1.165) is 40.6 Å². The molecule has 3 aromatic carbocycles. The number of terminal acetylenes is 1. The topological polar surface area (TPSA) is 140 Å². The lowest BCUT2D eigenvalue weighted by Gasteiger charge is -2.35. The lowest BCUT2D eigenvalue weighted by Crippen LogP contribution is -2.52. The zero-order valence-electron chi connectivity index (χ0n) is 32.3. The van der Waals surface area contributed by atoms with Crippen LogP contribution in [0.5, 0.6) is 0 Å². The van der Waals surface area contributed by atoms with Crippen LogP contribution < -0.4 is 10.6 Å². The molecule has 1 fully saturated rings. The first-order valence-electron chi connectivity index (χ1n) is 18.8. The van der Waals surface area contributed by atoms with Gasteiger partial charge in [-0.05, 0) is 95.7 Å². The molecular formula is C43H50N8O4. The number of fused-ring (bicyclic) bond motifs is 1. The summed E-state index contributed by atoms with van der Waals surface area (Å²) < 4.78 is 6.28. The Hall–Kier alpha value is -5.77. The monoisotopic (exact) mass is 742 g/mol. The van der Waals surface area contributed by atoms with E-state index in [1.165, 1.54) is 0 Å². The molecule has 0 spiro atoms. The van der Waals surface area contributed by atoms with Crippen LogP contribution in [0.25, 0.3) is 33.8 Å². The van der Waals surface area contributed by atoms with Gasteiger partial charge in [0.1, 0.15) is 11.9 Å². The van der Waals surface area contributed by atoms with Crippen LogP contribution in [0.2, 0.25) is 0 Å². The molecule has 12 nitrogen and oxygen atoms in total. The van der Waals surface area contributed by atoms with Crippen LogP contribution in [0.15, 0.2) is 77.3 Å². The third-order valence-corrected chi connectivity index (χ3v) is 10.1. The van der Waals surface area contributed by atoms with Crippen molar-refractivity contribution in [2.45, 2.75) is 64.1 Å². The van der Waals surface area contributed by atoms with Gasteiger partial charge in [-0.1, -0.05) is 36.4 Å². The van der Waals surface area contributed by atoms with Crippen molar-refractivity contribution in [1.29, 1.82) is 0 Å². The number of carbonyl (C=O) groups excluding carboxylic acids is 3. The van der Waals surface area contributed by atoms with Crippen molar-refractivity contribution in [2.75, 3.05) is 46.1 Å². The Bertz CT molecular complexity index is 2170. The number of nitrogens with zero attached hydrogens (tertiary/aromatic N) is 5. The Morgan fingerprint density at radius 2 is 1.85 bits per heavy atom. The van der Waals surface area contributed by atoms with Crippen LogP contribution in [0.1, 0.15) is 55.6 Å². The number of H-pyrrole nitrogens is 1. The minimum Gasteiger partial charge on any atom is -0.436 e. The number of hydrogen-bond donors (Lipinski definition) is 3. The highest BCUT2D eigenvalue weighted by Crippen LogP contribution is 2.32. The molecule has 3 N–H and O–H groups in total. The van der Waals surface area contributed by atoms with E-state index >= 15 is 0 Å². The van der Waals surface area contributed by atoms with E-state index in [0.29, 0.717) is 54.7 Å². The zero-order chi connectivity index (χ0) is 39.1. The van der Waals surface area contributed by atoms with Crippen LogP contribution in [-0.4, -0.2) is 100 Å². The molecule has 3 heterocycles. The zero-order valence-corrected chi connectivity index (χ0v) is 32.3. The highest BCUT2D eigenvalue weighted by Gasteiger charge is 2.33. The number of rotatable bonds is 14. The summed E-state index contributed by atoms with van der Waals surface area (Å²) in [6.45, 7) is 5.28. The van der Waals surface area contributed by atoms with E-state index < -0.39 is 6.04 Å². The molecule has 0 saturated carbocycles. The second-order valence-corrected chi connectivity index (χ2v) is 14.5. The highest BCUT2D eigenvalue weighted by atomic mass is 16.4. The number of oxazole rings is 1. The number of carbonyl (C=O) groups is 3. The van der Waals surface area contributed by atoms with Crippen molar-refractivity contribution in [3.05, 3.63) is 89.9 Å². The Morgan fingerprint density at radius 1 is 1.07 bits per heavy atom. The number of hydrogen-bond acceptors (Lipinski definition) is 8. The number of anilines is 1. The molecule has 1 unspecified atom stereocenters. The van der Waals surface area contributed by atoms with Gasteiger partial charge in [-0.25, -0.2) is 9.97 Å². The molecule has 3 amide bonds. The molecule has 0 bridgehead atoms. The molecule has 3 atom stereocenters. The van der Waals surface area contributed by atoms with Gasteiger partial charge in [-0.2, -0.15) is 0 Å². The predicted octanol–water partition coefficient (Wildman–Crippen LogP) is 5.82. The van der Waals surface area contributed by atoms with Crippen LogP contribution in [0.3, 0.4) is 0 Å². The molecule has 5 aromatic rings. The molecule has 286 valence electrons. The lowest BCUT2D eigenvalue weighted by atomic mass is 10.0. The third kappa shape index (κ3) is 9.13. The summed E-state index contributed by atoms with van der Waals surface area (Å²) in [5, 5.41) is 6.27. The number of benzene rings is 3. The second-order valence-electron chi connectivity index (χ2n) is 14.5. The van der Waals surface area contributed by atoms with Gasteiger partial charge in [0.15, 0.2) is 5.76 Å². The van der Waals surface area contributed by atoms with Crippen molar-refractivity contribution < 1.29 is 18.8 Å². The number of nitrogens with one attached hydrogen (secondary N) is 3. The fourth-order valence-corrected chi connectivity index (χ4v) is 7.26. The molecule has 0 radical (unpaired) electrons. The fraction of sp³-hybridized carbons (Fsp3) is 0.372. The van der Waals surface area contributed by atoms with Crippen molar-refractivity contribution in [3.63, 3.8) is 0 Å². The molecule has 6 rings (SSSR count). The van der Waals surface area contributed by atoms with Crippen molar-refractivity contribution in [1.82, 2.24) is 35.0 Å². The quantitative estimate of drug-likeness (QED) is 0.121. The summed E-state index contributed by atoms with van der Waals surface area (Å²) in [4.78, 5) is 58.6. The lowest BCUT2D eigenvalue weighted by molar-refractivity contribution is -0.140. The van der Waals surface area contributed by atoms with Crippen LogP contribution in [0, 0.1) is 19.3 Å². The summed E-state index contributed by atoms with van der Waals surface area (Å²) in [6, 6.07) is 20.0. The SMILES string of the molecule is C#CCC(CNC)N(C(=O)Cc1ccccc1)[C@@H](C)c1nc2ccc(-c3cnc(-c4ccc(C)c(NC(=O)[C@@H]5CCCCN5C(=O)CN(C)C)c4)o3)cc2[nH]1. The predicted molar refractivity (Wildman–Crippen MR) is 215 cm³/mol. The molecule has 0 aliphatic carbocycles. The van der Waals surface area contributed by atoms with Gasteiger partial charge in [-0.15, -0.1) is 12.3 Å². The Kier molecular flexibility index (Phi) is 12.4. The molecular weight excluding hydrogens is 693 g/mol. The molecule has 2 aromatic heterocycles. The van der Waals surface area contributed by atoms with E-state index in [-0.39, 0.29) is 42.8 Å². The summed E-state index contributed by atoms with van der Waals surface area (Å²) >= 11 is 0. The van der Waals surface area contributed by atoms with E-state index in [4.69, 9.17) is 15.8 Å². The fourth-order valence-electron chi connectivity index (χ4n) is 7.26. The minimum atomic E-state index is -0.519.